The van der Waals surface area contributed by atoms with Crippen LogP contribution in [-0.4, -0.2) is 53.1 Å². The van der Waals surface area contributed by atoms with Crippen molar-refractivity contribution < 1.29 is 4.74 Å². The molecule has 0 aliphatic carbocycles. The molecule has 4 rings (SSSR count). The highest BCUT2D eigenvalue weighted by Gasteiger charge is 2.36. The molecule has 0 saturated carbocycles. The Morgan fingerprint density at radius 2 is 2.21 bits per heavy atom. The monoisotopic (exact) mass is 343 g/mol. The zero-order valence-corrected chi connectivity index (χ0v) is 15.0. The van der Waals surface area contributed by atoms with E-state index in [0.29, 0.717) is 18.8 Å². The number of aryl methyl sites for hydroxylation is 1. The van der Waals surface area contributed by atoms with Gasteiger partial charge in [0.25, 0.3) is 0 Å². The van der Waals surface area contributed by atoms with Crippen LogP contribution < -0.4 is 0 Å². The first kappa shape index (κ1) is 16.2. The van der Waals surface area contributed by atoms with Gasteiger partial charge in [0, 0.05) is 60.9 Å². The molecule has 2 aromatic rings. The van der Waals surface area contributed by atoms with Gasteiger partial charge < -0.3 is 4.74 Å². The molecular formula is C19H25N3OS. The molecule has 2 fully saturated rings. The molecule has 0 radical (unpaired) electrons. The first-order chi connectivity index (χ1) is 11.8. The topological polar surface area (TPSA) is 28.6 Å². The second-order valence-corrected chi connectivity index (χ2v) is 8.30. The predicted octanol–water partition coefficient (Wildman–Crippen LogP) is 2.93. The lowest BCUT2D eigenvalue weighted by Gasteiger charge is -2.37. The maximum atomic E-state index is 6.14. The van der Waals surface area contributed by atoms with E-state index in [1.807, 2.05) is 29.8 Å². The zero-order chi connectivity index (χ0) is 16.4. The molecule has 0 amide bonds. The number of fused-ring (bicyclic) bond motifs is 1. The van der Waals surface area contributed by atoms with Crippen molar-refractivity contribution in [1.82, 2.24) is 14.8 Å². The van der Waals surface area contributed by atoms with Crippen LogP contribution in [0.2, 0.25) is 0 Å². The standard InChI is InChI=1S/C19H25N3OS/c1-15-4-5-19(24-15)13-21-7-8-22-12-18(9-17(22)11-21)23-14-16-3-2-6-20-10-16/h2-6,10,17-18H,7-9,11-14H2,1H3/t17-,18-/m1/s1. The maximum absolute atomic E-state index is 6.14. The van der Waals surface area contributed by atoms with Gasteiger partial charge in [-0.2, -0.15) is 0 Å². The lowest BCUT2D eigenvalue weighted by atomic mass is 10.1. The summed E-state index contributed by atoms with van der Waals surface area (Å²) >= 11 is 1.93. The van der Waals surface area contributed by atoms with E-state index >= 15 is 0 Å². The summed E-state index contributed by atoms with van der Waals surface area (Å²) in [6.07, 6.45) is 5.22. The number of nitrogens with zero attached hydrogens (tertiary/aromatic N) is 3. The SMILES string of the molecule is Cc1ccc(CN2CCN3C[C@H](OCc4cccnc4)C[C@@H]3C2)s1. The van der Waals surface area contributed by atoms with Crippen molar-refractivity contribution in [2.75, 3.05) is 26.2 Å². The summed E-state index contributed by atoms with van der Waals surface area (Å²) in [5.41, 5.74) is 1.16. The van der Waals surface area contributed by atoms with E-state index in [4.69, 9.17) is 4.74 Å². The summed E-state index contributed by atoms with van der Waals surface area (Å²) in [6.45, 7) is 8.56. The molecule has 5 heteroatoms. The largest absolute Gasteiger partial charge is 0.372 e. The third-order valence-electron chi connectivity index (χ3n) is 5.05. The van der Waals surface area contributed by atoms with Crippen LogP contribution in [0.3, 0.4) is 0 Å². The summed E-state index contributed by atoms with van der Waals surface area (Å²) in [5.74, 6) is 0. The third kappa shape index (κ3) is 3.86. The third-order valence-corrected chi connectivity index (χ3v) is 6.03. The van der Waals surface area contributed by atoms with Gasteiger partial charge in [-0.05, 0) is 37.1 Å². The smallest absolute Gasteiger partial charge is 0.0736 e. The Kier molecular flexibility index (Phi) is 4.94. The molecule has 0 N–H and O–H groups in total. The number of thiophene rings is 1. The Morgan fingerprint density at radius 1 is 1.25 bits per heavy atom. The molecule has 2 aromatic heterocycles. The lowest BCUT2D eigenvalue weighted by molar-refractivity contribution is 0.0457. The summed E-state index contributed by atoms with van der Waals surface area (Å²) in [5, 5.41) is 0. The van der Waals surface area contributed by atoms with Crippen molar-refractivity contribution in [3.05, 3.63) is 52.0 Å². The van der Waals surface area contributed by atoms with Crippen molar-refractivity contribution >= 4 is 11.3 Å². The average molecular weight is 343 g/mol. The predicted molar refractivity (Wildman–Crippen MR) is 97.1 cm³/mol. The van der Waals surface area contributed by atoms with Gasteiger partial charge in [-0.25, -0.2) is 0 Å². The van der Waals surface area contributed by atoms with Crippen LogP contribution in [0.5, 0.6) is 0 Å². The zero-order valence-electron chi connectivity index (χ0n) is 14.2. The number of piperazine rings is 1. The lowest BCUT2D eigenvalue weighted by Crippen LogP contribution is -2.49. The minimum atomic E-state index is 0.360. The summed E-state index contributed by atoms with van der Waals surface area (Å²) in [4.78, 5) is 12.3. The van der Waals surface area contributed by atoms with E-state index < -0.39 is 0 Å². The maximum Gasteiger partial charge on any atom is 0.0736 e. The van der Waals surface area contributed by atoms with E-state index in [-0.39, 0.29) is 0 Å². The Morgan fingerprint density at radius 3 is 3.00 bits per heavy atom. The van der Waals surface area contributed by atoms with Crippen molar-refractivity contribution in [2.45, 2.75) is 38.6 Å². The van der Waals surface area contributed by atoms with E-state index in [2.05, 4.69) is 39.9 Å². The van der Waals surface area contributed by atoms with Gasteiger partial charge in [0.15, 0.2) is 0 Å². The van der Waals surface area contributed by atoms with E-state index in [0.717, 1.165) is 25.1 Å². The van der Waals surface area contributed by atoms with Crippen LogP contribution in [0.15, 0.2) is 36.7 Å². The highest BCUT2D eigenvalue weighted by molar-refractivity contribution is 7.11. The Labute approximate surface area is 148 Å². The van der Waals surface area contributed by atoms with Gasteiger partial charge >= 0.3 is 0 Å². The summed E-state index contributed by atoms with van der Waals surface area (Å²) in [6, 6.07) is 9.22. The molecule has 0 aromatic carbocycles. The number of rotatable bonds is 5. The molecule has 128 valence electrons. The van der Waals surface area contributed by atoms with Gasteiger partial charge in [0.2, 0.25) is 0 Å². The first-order valence-electron chi connectivity index (χ1n) is 8.78. The fraction of sp³-hybridized carbons (Fsp3) is 0.526. The number of ether oxygens (including phenoxy) is 1. The summed E-state index contributed by atoms with van der Waals surface area (Å²) < 4.78 is 6.14. The fourth-order valence-corrected chi connectivity index (χ4v) is 4.75. The van der Waals surface area contributed by atoms with E-state index in [9.17, 15) is 0 Å². The molecule has 0 spiro atoms. The molecule has 2 atom stereocenters. The summed E-state index contributed by atoms with van der Waals surface area (Å²) in [7, 11) is 0. The molecule has 4 nitrogen and oxygen atoms in total. The molecule has 24 heavy (non-hydrogen) atoms. The van der Waals surface area contributed by atoms with Crippen LogP contribution in [0.25, 0.3) is 0 Å². The van der Waals surface area contributed by atoms with Gasteiger partial charge in [-0.3, -0.25) is 14.8 Å². The Bertz CT molecular complexity index is 660. The first-order valence-corrected chi connectivity index (χ1v) is 9.60. The average Bonchev–Trinajstić information content (AvgIpc) is 3.19. The normalized spacial score (nSPS) is 25.0. The Balaban J connectivity index is 1.27. The van der Waals surface area contributed by atoms with Crippen LogP contribution in [0.1, 0.15) is 21.7 Å². The molecule has 2 saturated heterocycles. The van der Waals surface area contributed by atoms with Crippen molar-refractivity contribution in [3.8, 4) is 0 Å². The molecule has 0 unspecified atom stereocenters. The minimum absolute atomic E-state index is 0.360. The van der Waals surface area contributed by atoms with Gasteiger partial charge in [0.1, 0.15) is 0 Å². The number of aromatic nitrogens is 1. The molecular weight excluding hydrogens is 318 g/mol. The second-order valence-electron chi connectivity index (χ2n) is 6.93. The van der Waals surface area contributed by atoms with Crippen LogP contribution in [0.4, 0.5) is 0 Å². The number of pyridine rings is 1. The second kappa shape index (κ2) is 7.31. The molecule has 2 aliphatic rings. The Hall–Kier alpha value is -1.27. The van der Waals surface area contributed by atoms with E-state index in [1.54, 1.807) is 0 Å². The van der Waals surface area contributed by atoms with Gasteiger partial charge in [0.05, 0.1) is 12.7 Å². The highest BCUT2D eigenvalue weighted by Crippen LogP contribution is 2.26. The van der Waals surface area contributed by atoms with Crippen LogP contribution in [-0.2, 0) is 17.9 Å². The van der Waals surface area contributed by atoms with Crippen molar-refractivity contribution in [2.24, 2.45) is 0 Å². The number of hydrogen-bond acceptors (Lipinski definition) is 5. The quantitative estimate of drug-likeness (QED) is 0.835. The van der Waals surface area contributed by atoms with Crippen LogP contribution in [0, 0.1) is 6.92 Å². The van der Waals surface area contributed by atoms with Gasteiger partial charge in [-0.1, -0.05) is 6.07 Å². The van der Waals surface area contributed by atoms with Gasteiger partial charge in [-0.15, -0.1) is 11.3 Å². The highest BCUT2D eigenvalue weighted by atomic mass is 32.1. The van der Waals surface area contributed by atoms with Crippen molar-refractivity contribution in [1.29, 1.82) is 0 Å². The molecule has 2 aliphatic heterocycles. The molecule has 0 bridgehead atoms. The van der Waals surface area contributed by atoms with Crippen LogP contribution >= 0.6 is 11.3 Å². The fourth-order valence-electron chi connectivity index (χ4n) is 3.81. The minimum Gasteiger partial charge on any atom is -0.372 e. The van der Waals surface area contributed by atoms with E-state index in [1.165, 1.54) is 29.4 Å². The molecule has 4 heterocycles. The number of hydrogen-bond donors (Lipinski definition) is 0. The van der Waals surface area contributed by atoms with Crippen molar-refractivity contribution in [3.63, 3.8) is 0 Å².